The summed E-state index contributed by atoms with van der Waals surface area (Å²) in [6.07, 6.45) is 0. The van der Waals surface area contributed by atoms with Crippen molar-refractivity contribution in [2.75, 3.05) is 14.2 Å². The van der Waals surface area contributed by atoms with E-state index in [-0.39, 0.29) is 27.9 Å². The Morgan fingerprint density at radius 3 is 2.20 bits per heavy atom. The number of hydrogen-bond acceptors (Lipinski definition) is 7. The highest BCUT2D eigenvalue weighted by atomic mass is 16.5. The summed E-state index contributed by atoms with van der Waals surface area (Å²) < 4.78 is 15.9. The Morgan fingerprint density at radius 2 is 1.60 bits per heavy atom. The molecule has 1 aromatic carbocycles. The summed E-state index contributed by atoms with van der Waals surface area (Å²) >= 11 is 0. The van der Waals surface area contributed by atoms with Crippen LogP contribution in [0, 0.1) is 13.8 Å². The van der Waals surface area contributed by atoms with Crippen LogP contribution in [0.2, 0.25) is 0 Å². The van der Waals surface area contributed by atoms with E-state index in [0.717, 1.165) is 5.52 Å². The van der Waals surface area contributed by atoms with Crippen LogP contribution in [0.5, 0.6) is 0 Å². The van der Waals surface area contributed by atoms with Gasteiger partial charge in [-0.1, -0.05) is 12.1 Å². The Labute approximate surface area is 170 Å². The van der Waals surface area contributed by atoms with Gasteiger partial charge in [-0.05, 0) is 26.0 Å². The standard InChI is InChI=1S/C22H18N2O6/c1-10-16(21(26)28-3)18(17(11(2)23-10)22(27)29-4)15-9-14(25)19-20(30-15)12-7-5-6-8-13(12)24-19/h5-9,24H,1-4H3. The molecule has 0 amide bonds. The van der Waals surface area contributed by atoms with Crippen LogP contribution in [0.3, 0.4) is 0 Å². The van der Waals surface area contributed by atoms with Gasteiger partial charge >= 0.3 is 11.9 Å². The number of nitrogens with one attached hydrogen (secondary N) is 1. The summed E-state index contributed by atoms with van der Waals surface area (Å²) in [5.41, 5.74) is 1.86. The molecule has 0 spiro atoms. The van der Waals surface area contributed by atoms with Gasteiger partial charge in [0, 0.05) is 17.0 Å². The van der Waals surface area contributed by atoms with E-state index in [1.165, 1.54) is 20.3 Å². The number of hydrogen-bond donors (Lipinski definition) is 1. The molecule has 4 rings (SSSR count). The number of fused-ring (bicyclic) bond motifs is 3. The van der Waals surface area contributed by atoms with E-state index in [9.17, 15) is 14.4 Å². The molecule has 0 aliphatic heterocycles. The summed E-state index contributed by atoms with van der Waals surface area (Å²) in [5, 5.41) is 0.702. The highest BCUT2D eigenvalue weighted by Crippen LogP contribution is 2.34. The molecule has 0 aliphatic rings. The molecule has 8 heteroatoms. The van der Waals surface area contributed by atoms with Crippen molar-refractivity contribution in [1.82, 2.24) is 9.97 Å². The number of carbonyl (C=O) groups is 2. The van der Waals surface area contributed by atoms with Gasteiger partial charge in [-0.3, -0.25) is 9.78 Å². The second-order valence-corrected chi connectivity index (χ2v) is 6.74. The Hall–Kier alpha value is -3.94. The van der Waals surface area contributed by atoms with Crippen LogP contribution in [-0.4, -0.2) is 36.1 Å². The molecule has 0 aliphatic carbocycles. The maximum atomic E-state index is 12.9. The van der Waals surface area contributed by atoms with Crippen molar-refractivity contribution in [2.24, 2.45) is 0 Å². The summed E-state index contributed by atoms with van der Waals surface area (Å²) in [6, 6.07) is 8.54. The lowest BCUT2D eigenvalue weighted by Gasteiger charge is -2.16. The minimum atomic E-state index is -0.707. The van der Waals surface area contributed by atoms with Gasteiger partial charge in [0.05, 0.1) is 42.3 Å². The number of pyridine rings is 1. The Morgan fingerprint density at radius 1 is 1.00 bits per heavy atom. The normalized spacial score (nSPS) is 11.1. The van der Waals surface area contributed by atoms with Gasteiger partial charge in [0.15, 0.2) is 5.58 Å². The van der Waals surface area contributed by atoms with Crippen molar-refractivity contribution in [3.05, 3.63) is 63.1 Å². The topological polar surface area (TPSA) is 111 Å². The molecule has 0 bridgehead atoms. The number of ether oxygens (including phenoxy) is 2. The fourth-order valence-electron chi connectivity index (χ4n) is 3.65. The number of H-pyrrole nitrogens is 1. The van der Waals surface area contributed by atoms with Crippen LogP contribution < -0.4 is 5.43 Å². The van der Waals surface area contributed by atoms with Crippen LogP contribution >= 0.6 is 0 Å². The Bertz CT molecular complexity index is 1360. The summed E-state index contributed by atoms with van der Waals surface area (Å²) in [6.45, 7) is 3.23. The van der Waals surface area contributed by atoms with Crippen LogP contribution in [0.15, 0.2) is 39.5 Å². The maximum Gasteiger partial charge on any atom is 0.340 e. The van der Waals surface area contributed by atoms with Crippen molar-refractivity contribution in [3.8, 4) is 11.3 Å². The first-order chi connectivity index (χ1) is 14.4. The van der Waals surface area contributed by atoms with Gasteiger partial charge in [-0.2, -0.15) is 0 Å². The number of carbonyl (C=O) groups excluding carboxylic acids is 2. The zero-order valence-corrected chi connectivity index (χ0v) is 16.8. The molecular formula is C22H18N2O6. The third kappa shape index (κ3) is 2.85. The Kier molecular flexibility index (Phi) is 4.62. The van der Waals surface area contributed by atoms with E-state index in [1.54, 1.807) is 13.8 Å². The molecule has 3 aromatic heterocycles. The molecule has 0 radical (unpaired) electrons. The predicted octanol–water partition coefficient (Wildman–Crippen LogP) is 3.53. The predicted molar refractivity (Wildman–Crippen MR) is 110 cm³/mol. The zero-order valence-electron chi connectivity index (χ0n) is 16.8. The molecule has 152 valence electrons. The molecule has 3 heterocycles. The number of benzene rings is 1. The molecule has 30 heavy (non-hydrogen) atoms. The number of rotatable bonds is 3. The van der Waals surface area contributed by atoms with E-state index in [2.05, 4.69) is 9.97 Å². The van der Waals surface area contributed by atoms with Gasteiger partial charge < -0.3 is 18.9 Å². The number of aromatic amines is 1. The lowest BCUT2D eigenvalue weighted by molar-refractivity contribution is 0.0598. The minimum Gasteiger partial charge on any atom is -0.465 e. The number of nitrogens with zero attached hydrogens (tertiary/aromatic N) is 1. The zero-order chi connectivity index (χ0) is 21.6. The van der Waals surface area contributed by atoms with Crippen molar-refractivity contribution in [2.45, 2.75) is 13.8 Å². The molecule has 0 saturated heterocycles. The molecule has 0 atom stereocenters. The first-order valence-corrected chi connectivity index (χ1v) is 9.10. The smallest absolute Gasteiger partial charge is 0.340 e. The second-order valence-electron chi connectivity index (χ2n) is 6.74. The quantitative estimate of drug-likeness (QED) is 0.518. The molecule has 0 saturated carbocycles. The molecule has 0 fully saturated rings. The third-order valence-electron chi connectivity index (χ3n) is 4.96. The van der Waals surface area contributed by atoms with E-state index in [1.807, 2.05) is 24.3 Å². The fraction of sp³-hybridized carbons (Fsp3) is 0.182. The minimum absolute atomic E-state index is 0.0332. The Balaban J connectivity index is 2.17. The highest BCUT2D eigenvalue weighted by Gasteiger charge is 2.29. The van der Waals surface area contributed by atoms with Crippen molar-refractivity contribution < 1.29 is 23.5 Å². The van der Waals surface area contributed by atoms with Crippen LogP contribution in [0.1, 0.15) is 32.1 Å². The summed E-state index contributed by atoms with van der Waals surface area (Å²) in [7, 11) is 2.45. The number of esters is 2. The lowest BCUT2D eigenvalue weighted by atomic mass is 9.96. The monoisotopic (exact) mass is 406 g/mol. The highest BCUT2D eigenvalue weighted by molar-refractivity contribution is 6.08. The average Bonchev–Trinajstić information content (AvgIpc) is 3.11. The van der Waals surface area contributed by atoms with Gasteiger partial charge in [-0.15, -0.1) is 0 Å². The van der Waals surface area contributed by atoms with Crippen LogP contribution in [0.25, 0.3) is 33.3 Å². The summed E-state index contributed by atoms with van der Waals surface area (Å²) in [4.78, 5) is 45.4. The molecule has 1 N–H and O–H groups in total. The SMILES string of the molecule is COC(=O)c1c(C)nc(C)c(C(=O)OC)c1-c1cc(=O)c2[nH]c3ccccc3c2o1. The average molecular weight is 406 g/mol. The number of aromatic nitrogens is 2. The second kappa shape index (κ2) is 7.14. The first kappa shape index (κ1) is 19.4. The lowest BCUT2D eigenvalue weighted by Crippen LogP contribution is -2.16. The van der Waals surface area contributed by atoms with E-state index in [4.69, 9.17) is 13.9 Å². The number of methoxy groups -OCH3 is 2. The number of para-hydroxylation sites is 1. The fourth-order valence-corrected chi connectivity index (χ4v) is 3.65. The number of aryl methyl sites for hydroxylation is 2. The third-order valence-corrected chi connectivity index (χ3v) is 4.96. The maximum absolute atomic E-state index is 12.9. The van der Waals surface area contributed by atoms with Gasteiger partial charge in [0.2, 0.25) is 5.43 Å². The van der Waals surface area contributed by atoms with Crippen LogP contribution in [0.4, 0.5) is 0 Å². The largest absolute Gasteiger partial charge is 0.465 e. The molecule has 0 unspecified atom stereocenters. The molecule has 4 aromatic rings. The van der Waals surface area contributed by atoms with Gasteiger partial charge in [0.1, 0.15) is 11.3 Å². The molecular weight excluding hydrogens is 388 g/mol. The van der Waals surface area contributed by atoms with E-state index in [0.29, 0.717) is 27.9 Å². The van der Waals surface area contributed by atoms with Crippen molar-refractivity contribution in [1.29, 1.82) is 0 Å². The summed E-state index contributed by atoms with van der Waals surface area (Å²) in [5.74, 6) is -1.37. The first-order valence-electron chi connectivity index (χ1n) is 9.10. The van der Waals surface area contributed by atoms with E-state index < -0.39 is 11.9 Å². The molecule has 8 nitrogen and oxygen atoms in total. The van der Waals surface area contributed by atoms with Gasteiger partial charge in [-0.25, -0.2) is 9.59 Å². The van der Waals surface area contributed by atoms with E-state index >= 15 is 0 Å². The van der Waals surface area contributed by atoms with Crippen molar-refractivity contribution >= 4 is 33.9 Å². The van der Waals surface area contributed by atoms with Crippen molar-refractivity contribution in [3.63, 3.8) is 0 Å². The van der Waals surface area contributed by atoms with Crippen LogP contribution in [-0.2, 0) is 9.47 Å². The van der Waals surface area contributed by atoms with Gasteiger partial charge in [0.25, 0.3) is 0 Å².